The number of piperidine rings is 1. The number of hydrogen-bond donors (Lipinski definition) is 2. The largest absolute Gasteiger partial charge is 0.402 e. The number of amidine groups is 1. The van der Waals surface area contributed by atoms with Crippen LogP contribution in [-0.4, -0.2) is 65.3 Å². The number of nitrogens with two attached hydrogens (primary N) is 1. The minimum absolute atomic E-state index is 0.0501. The maximum atomic E-state index is 15.1. The summed E-state index contributed by atoms with van der Waals surface area (Å²) >= 11 is 0. The molecule has 3 aromatic rings. The summed E-state index contributed by atoms with van der Waals surface area (Å²) in [6.07, 6.45) is 4.20. The monoisotopic (exact) mass is 523 g/mol. The third-order valence-corrected chi connectivity index (χ3v) is 7.25. The van der Waals surface area contributed by atoms with Crippen LogP contribution < -0.4 is 11.1 Å². The number of hydrogen-bond acceptors (Lipinski definition) is 5. The number of carbonyl (C=O) groups is 1. The molecule has 0 bridgehead atoms. The topological polar surface area (TPSA) is 91.8 Å². The second kappa shape index (κ2) is 11.3. The first kappa shape index (κ1) is 27.3. The highest BCUT2D eigenvalue weighted by Crippen LogP contribution is 2.34. The normalized spacial score (nSPS) is 15.8. The van der Waals surface area contributed by atoms with E-state index in [4.69, 9.17) is 5.73 Å². The van der Waals surface area contributed by atoms with Crippen molar-refractivity contribution in [3.63, 3.8) is 0 Å². The van der Waals surface area contributed by atoms with Crippen LogP contribution in [0.25, 0.3) is 11.0 Å². The number of aliphatic imine (C=N–C) groups is 1. The van der Waals surface area contributed by atoms with Crippen molar-refractivity contribution in [3.8, 4) is 0 Å². The number of nitrogens with zero attached hydrogens (tertiary/aromatic N) is 5. The predicted molar refractivity (Wildman–Crippen MR) is 147 cm³/mol. The van der Waals surface area contributed by atoms with Gasteiger partial charge in [0.15, 0.2) is 11.7 Å². The van der Waals surface area contributed by atoms with E-state index in [1.54, 1.807) is 32.4 Å². The highest BCUT2D eigenvalue weighted by Gasteiger charge is 2.26. The van der Waals surface area contributed by atoms with Gasteiger partial charge in [-0.05, 0) is 74.2 Å². The van der Waals surface area contributed by atoms with Crippen molar-refractivity contribution < 1.29 is 13.6 Å². The van der Waals surface area contributed by atoms with Gasteiger partial charge in [0.1, 0.15) is 11.5 Å². The van der Waals surface area contributed by atoms with Gasteiger partial charge in [-0.3, -0.25) is 14.7 Å². The van der Waals surface area contributed by atoms with Gasteiger partial charge in [0.2, 0.25) is 0 Å². The van der Waals surface area contributed by atoms with Crippen LogP contribution in [0.5, 0.6) is 0 Å². The lowest BCUT2D eigenvalue weighted by atomic mass is 9.85. The van der Waals surface area contributed by atoms with E-state index in [0.29, 0.717) is 17.8 Å². The SMILES string of the molecule is CN=C(Nc1ccnc2c1cc(CN1CCC(c3c(C)cc(C(=O)N(C)C)cc3F)CC1)n2C)/C(F)=C\N. The molecule has 1 fully saturated rings. The summed E-state index contributed by atoms with van der Waals surface area (Å²) in [5, 5.41) is 3.88. The average Bonchev–Trinajstić information content (AvgIpc) is 3.22. The maximum absolute atomic E-state index is 15.1. The van der Waals surface area contributed by atoms with Crippen LogP contribution in [0, 0.1) is 12.7 Å². The van der Waals surface area contributed by atoms with Gasteiger partial charge in [0, 0.05) is 63.8 Å². The van der Waals surface area contributed by atoms with Crippen molar-refractivity contribution in [2.75, 3.05) is 39.5 Å². The number of nitrogens with one attached hydrogen (secondary N) is 1. The van der Waals surface area contributed by atoms with Crippen LogP contribution in [0.15, 0.2) is 47.5 Å². The number of benzene rings is 1. The molecular formula is C28H35F2N7O. The molecule has 8 nitrogen and oxygen atoms in total. The summed E-state index contributed by atoms with van der Waals surface area (Å²) in [4.78, 5) is 24.6. The molecule has 1 aliphatic rings. The van der Waals surface area contributed by atoms with Gasteiger partial charge in [-0.15, -0.1) is 0 Å². The van der Waals surface area contributed by atoms with Gasteiger partial charge in [0.25, 0.3) is 5.91 Å². The average molecular weight is 524 g/mol. The Balaban J connectivity index is 1.48. The molecular weight excluding hydrogens is 488 g/mol. The minimum Gasteiger partial charge on any atom is -0.402 e. The molecule has 1 amide bonds. The zero-order valence-electron chi connectivity index (χ0n) is 22.6. The molecule has 1 saturated heterocycles. The molecule has 202 valence electrons. The number of carbonyl (C=O) groups excluding carboxylic acids is 1. The fourth-order valence-electron chi connectivity index (χ4n) is 5.22. The van der Waals surface area contributed by atoms with E-state index in [-0.39, 0.29) is 23.5 Å². The molecule has 0 atom stereocenters. The molecule has 0 spiro atoms. The van der Waals surface area contributed by atoms with Crippen molar-refractivity contribution in [1.29, 1.82) is 0 Å². The number of anilines is 1. The molecule has 0 saturated carbocycles. The number of pyridine rings is 1. The number of halogens is 2. The Morgan fingerprint density at radius 3 is 2.61 bits per heavy atom. The molecule has 10 heteroatoms. The summed E-state index contributed by atoms with van der Waals surface area (Å²) in [5.41, 5.74) is 9.78. The van der Waals surface area contributed by atoms with Gasteiger partial charge in [-0.1, -0.05) is 0 Å². The lowest BCUT2D eigenvalue weighted by molar-refractivity contribution is 0.0827. The number of likely N-dealkylation sites (tertiary alicyclic amines) is 1. The van der Waals surface area contributed by atoms with E-state index in [1.807, 2.05) is 18.5 Å². The first-order valence-corrected chi connectivity index (χ1v) is 12.6. The maximum Gasteiger partial charge on any atom is 0.253 e. The fraction of sp³-hybridized carbons (Fsp3) is 0.393. The third-order valence-electron chi connectivity index (χ3n) is 7.25. The first-order chi connectivity index (χ1) is 18.1. The Morgan fingerprint density at radius 1 is 1.29 bits per heavy atom. The Morgan fingerprint density at radius 2 is 2.00 bits per heavy atom. The van der Waals surface area contributed by atoms with E-state index in [1.165, 1.54) is 18.0 Å². The number of aryl methyl sites for hydroxylation is 2. The van der Waals surface area contributed by atoms with E-state index >= 15 is 4.39 Å². The summed E-state index contributed by atoms with van der Waals surface area (Å²) < 4.78 is 31.2. The second-order valence-electron chi connectivity index (χ2n) is 9.94. The number of amides is 1. The lowest BCUT2D eigenvalue weighted by Gasteiger charge is -2.33. The van der Waals surface area contributed by atoms with Crippen LogP contribution >= 0.6 is 0 Å². The zero-order valence-corrected chi connectivity index (χ0v) is 22.6. The van der Waals surface area contributed by atoms with Crippen LogP contribution in [0.1, 0.15) is 45.9 Å². The molecule has 0 unspecified atom stereocenters. The predicted octanol–water partition coefficient (Wildman–Crippen LogP) is 4.31. The summed E-state index contributed by atoms with van der Waals surface area (Å²) in [6, 6.07) is 7.00. The highest BCUT2D eigenvalue weighted by molar-refractivity contribution is 6.10. The molecule has 38 heavy (non-hydrogen) atoms. The van der Waals surface area contributed by atoms with Crippen molar-refractivity contribution in [2.45, 2.75) is 32.2 Å². The van der Waals surface area contributed by atoms with E-state index in [2.05, 4.69) is 26.3 Å². The molecule has 1 aliphatic heterocycles. The highest BCUT2D eigenvalue weighted by atomic mass is 19.1. The number of fused-ring (bicyclic) bond motifs is 1. The molecule has 3 heterocycles. The van der Waals surface area contributed by atoms with E-state index in [0.717, 1.165) is 60.0 Å². The molecule has 1 aromatic carbocycles. The quantitative estimate of drug-likeness (QED) is 0.371. The van der Waals surface area contributed by atoms with Crippen molar-refractivity contribution in [1.82, 2.24) is 19.4 Å². The van der Waals surface area contributed by atoms with Gasteiger partial charge < -0.3 is 20.5 Å². The fourth-order valence-corrected chi connectivity index (χ4v) is 5.22. The summed E-state index contributed by atoms with van der Waals surface area (Å²) in [7, 11) is 6.79. The summed E-state index contributed by atoms with van der Waals surface area (Å²) in [6.45, 7) is 4.24. The molecule has 3 N–H and O–H groups in total. The third kappa shape index (κ3) is 5.40. The smallest absolute Gasteiger partial charge is 0.253 e. The second-order valence-corrected chi connectivity index (χ2v) is 9.94. The minimum atomic E-state index is -0.637. The van der Waals surface area contributed by atoms with Crippen LogP contribution in [0.4, 0.5) is 14.5 Å². The van der Waals surface area contributed by atoms with Crippen molar-refractivity contribution in [3.05, 3.63) is 70.7 Å². The Kier molecular flexibility index (Phi) is 8.11. The van der Waals surface area contributed by atoms with Crippen molar-refractivity contribution >= 4 is 28.5 Å². The van der Waals surface area contributed by atoms with E-state index in [9.17, 15) is 9.18 Å². The first-order valence-electron chi connectivity index (χ1n) is 12.6. The Hall–Kier alpha value is -3.79. The van der Waals surface area contributed by atoms with Gasteiger partial charge in [-0.2, -0.15) is 0 Å². The van der Waals surface area contributed by atoms with Crippen LogP contribution in [-0.2, 0) is 13.6 Å². The number of rotatable bonds is 6. The Bertz CT molecular complexity index is 1380. The zero-order chi connectivity index (χ0) is 27.6. The van der Waals surface area contributed by atoms with Gasteiger partial charge in [-0.25, -0.2) is 13.8 Å². The van der Waals surface area contributed by atoms with E-state index < -0.39 is 5.83 Å². The standard InChI is InChI=1S/C28H35F2N7O/c1-17-12-19(28(38)35(3)4)13-22(29)25(17)18-7-10-37(11-8-18)16-20-14-21-24(6-9-33-27(21)36(20)5)34-26(32-2)23(30)15-31/h6,9,12-15,18H,7-8,10-11,16,31H2,1-5H3,(H,32,33,34)/b23-15+. The summed E-state index contributed by atoms with van der Waals surface area (Å²) in [5.74, 6) is -0.979. The molecule has 4 rings (SSSR count). The van der Waals surface area contributed by atoms with Crippen LogP contribution in [0.3, 0.4) is 0 Å². The number of aromatic nitrogens is 2. The van der Waals surface area contributed by atoms with Crippen LogP contribution in [0.2, 0.25) is 0 Å². The van der Waals surface area contributed by atoms with Gasteiger partial charge >= 0.3 is 0 Å². The lowest BCUT2D eigenvalue weighted by Crippen LogP contribution is -2.33. The molecule has 2 aromatic heterocycles. The molecule has 0 radical (unpaired) electrons. The molecule has 0 aliphatic carbocycles. The van der Waals surface area contributed by atoms with Crippen molar-refractivity contribution in [2.24, 2.45) is 17.8 Å². The Labute approximate surface area is 221 Å². The van der Waals surface area contributed by atoms with Gasteiger partial charge in [0.05, 0.1) is 5.69 Å².